The largest absolute Gasteiger partial charge is 0.387 e. The molecular weight excluding hydrogens is 296 g/mol. The van der Waals surface area contributed by atoms with E-state index in [0.29, 0.717) is 12.8 Å². The predicted molar refractivity (Wildman–Crippen MR) is 100 cm³/mol. The Labute approximate surface area is 146 Å². The van der Waals surface area contributed by atoms with Crippen molar-refractivity contribution >= 4 is 0 Å². The van der Waals surface area contributed by atoms with E-state index in [0.717, 1.165) is 25.7 Å². The van der Waals surface area contributed by atoms with Crippen molar-refractivity contribution in [3.05, 3.63) is 71.8 Å². The second-order valence-corrected chi connectivity index (χ2v) is 7.23. The highest BCUT2D eigenvalue weighted by molar-refractivity contribution is 5.15. The van der Waals surface area contributed by atoms with Gasteiger partial charge in [-0.1, -0.05) is 60.7 Å². The third-order valence-corrected chi connectivity index (χ3v) is 5.10. The third kappa shape index (κ3) is 5.47. The Balaban J connectivity index is 1.79. The smallest absolute Gasteiger partial charge is 0.0902 e. The maximum atomic E-state index is 10.8. The van der Waals surface area contributed by atoms with Crippen molar-refractivity contribution < 1.29 is 10.2 Å². The number of aryl methyl sites for hydroxylation is 2. The van der Waals surface area contributed by atoms with Crippen LogP contribution in [0.25, 0.3) is 0 Å². The van der Waals surface area contributed by atoms with Gasteiger partial charge in [0.1, 0.15) is 0 Å². The maximum Gasteiger partial charge on any atom is 0.0902 e. The summed E-state index contributed by atoms with van der Waals surface area (Å²) in [6, 6.07) is 20.6. The van der Waals surface area contributed by atoms with Crippen LogP contribution >= 0.6 is 0 Å². The van der Waals surface area contributed by atoms with Gasteiger partial charge < -0.3 is 10.2 Å². The molecule has 2 N–H and O–H groups in total. The molecule has 2 nitrogen and oxygen atoms in total. The first-order chi connectivity index (χ1) is 11.4. The third-order valence-electron chi connectivity index (χ3n) is 5.10. The van der Waals surface area contributed by atoms with Gasteiger partial charge in [-0.2, -0.15) is 0 Å². The molecule has 130 valence electrons. The molecule has 0 bridgehead atoms. The number of hydrogen-bond acceptors (Lipinski definition) is 2. The molecule has 0 saturated heterocycles. The highest BCUT2D eigenvalue weighted by Gasteiger charge is 2.40. The summed E-state index contributed by atoms with van der Waals surface area (Å²) in [5.41, 5.74) is 0.408. The monoisotopic (exact) mass is 326 g/mol. The van der Waals surface area contributed by atoms with E-state index in [1.165, 1.54) is 11.1 Å². The van der Waals surface area contributed by atoms with E-state index < -0.39 is 11.2 Å². The van der Waals surface area contributed by atoms with Crippen molar-refractivity contribution in [2.45, 2.75) is 63.6 Å². The lowest BCUT2D eigenvalue weighted by Gasteiger charge is -2.39. The zero-order valence-electron chi connectivity index (χ0n) is 14.9. The Kier molecular flexibility index (Phi) is 6.59. The molecular formula is C22H30O2. The van der Waals surface area contributed by atoms with E-state index in [4.69, 9.17) is 0 Å². The zero-order valence-corrected chi connectivity index (χ0v) is 14.9. The van der Waals surface area contributed by atoms with Gasteiger partial charge in [0.05, 0.1) is 11.2 Å². The lowest BCUT2D eigenvalue weighted by Crippen LogP contribution is -2.50. The molecule has 2 unspecified atom stereocenters. The molecule has 0 spiro atoms. The average molecular weight is 326 g/mol. The first kappa shape index (κ1) is 18.7. The Morgan fingerprint density at radius 3 is 1.29 bits per heavy atom. The first-order valence-corrected chi connectivity index (χ1v) is 8.93. The van der Waals surface area contributed by atoms with Crippen LogP contribution in [0.4, 0.5) is 0 Å². The van der Waals surface area contributed by atoms with E-state index in [2.05, 4.69) is 24.3 Å². The number of hydrogen-bond donors (Lipinski definition) is 2. The van der Waals surface area contributed by atoms with Gasteiger partial charge >= 0.3 is 0 Å². The van der Waals surface area contributed by atoms with Crippen molar-refractivity contribution in [2.75, 3.05) is 0 Å². The molecule has 0 aliphatic rings. The van der Waals surface area contributed by atoms with Crippen LogP contribution in [0.2, 0.25) is 0 Å². The molecule has 0 aliphatic carbocycles. The highest BCUT2D eigenvalue weighted by atomic mass is 16.4. The Morgan fingerprint density at radius 1 is 0.625 bits per heavy atom. The number of aliphatic hydroxyl groups is 2. The molecule has 0 aliphatic heterocycles. The summed E-state index contributed by atoms with van der Waals surface area (Å²) in [4.78, 5) is 0. The van der Waals surface area contributed by atoms with E-state index in [-0.39, 0.29) is 0 Å². The molecule has 2 rings (SSSR count). The van der Waals surface area contributed by atoms with Gasteiger partial charge in [0, 0.05) is 0 Å². The van der Waals surface area contributed by atoms with Crippen molar-refractivity contribution in [3.8, 4) is 0 Å². The van der Waals surface area contributed by atoms with E-state index >= 15 is 0 Å². The minimum Gasteiger partial charge on any atom is -0.387 e. The average Bonchev–Trinajstić information content (AvgIpc) is 2.56. The number of benzene rings is 2. The summed E-state index contributed by atoms with van der Waals surface area (Å²) in [6.07, 6.45) is 4.78. The fourth-order valence-electron chi connectivity index (χ4n) is 3.10. The van der Waals surface area contributed by atoms with Crippen LogP contribution in [0.1, 0.15) is 50.7 Å². The van der Waals surface area contributed by atoms with Crippen LogP contribution < -0.4 is 0 Å². The van der Waals surface area contributed by atoms with Crippen molar-refractivity contribution in [3.63, 3.8) is 0 Å². The van der Waals surface area contributed by atoms with Gasteiger partial charge in [-0.05, 0) is 63.5 Å². The van der Waals surface area contributed by atoms with Gasteiger partial charge in [0.2, 0.25) is 0 Å². The standard InChI is InChI=1S/C22H30O2/c1-21(23,17-9-15-19-11-5-3-6-12-19)22(2,24)18-10-16-20-13-7-4-8-14-20/h3-8,11-14,23-24H,9-10,15-18H2,1-2H3. The second-order valence-electron chi connectivity index (χ2n) is 7.23. The van der Waals surface area contributed by atoms with Gasteiger partial charge in [-0.15, -0.1) is 0 Å². The van der Waals surface area contributed by atoms with Crippen LogP contribution in [0, 0.1) is 0 Å². The normalized spacial score (nSPS) is 16.3. The summed E-state index contributed by atoms with van der Waals surface area (Å²) in [7, 11) is 0. The lowest BCUT2D eigenvalue weighted by molar-refractivity contribution is -0.140. The van der Waals surface area contributed by atoms with E-state index in [9.17, 15) is 10.2 Å². The van der Waals surface area contributed by atoms with Crippen LogP contribution in [0.3, 0.4) is 0 Å². The quantitative estimate of drug-likeness (QED) is 0.710. The highest BCUT2D eigenvalue weighted by Crippen LogP contribution is 2.31. The van der Waals surface area contributed by atoms with Crippen LogP contribution in [0.15, 0.2) is 60.7 Å². The fraction of sp³-hybridized carbons (Fsp3) is 0.455. The minimum atomic E-state index is -1.07. The molecule has 24 heavy (non-hydrogen) atoms. The Morgan fingerprint density at radius 2 is 0.958 bits per heavy atom. The van der Waals surface area contributed by atoms with E-state index in [1.807, 2.05) is 36.4 Å². The molecule has 0 aromatic heterocycles. The summed E-state index contributed by atoms with van der Waals surface area (Å²) in [5.74, 6) is 0. The van der Waals surface area contributed by atoms with Gasteiger partial charge in [-0.3, -0.25) is 0 Å². The molecule has 0 radical (unpaired) electrons. The molecule has 2 heteroatoms. The van der Waals surface area contributed by atoms with E-state index in [1.54, 1.807) is 13.8 Å². The van der Waals surface area contributed by atoms with Crippen molar-refractivity contribution in [1.29, 1.82) is 0 Å². The minimum absolute atomic E-state index is 0.597. The van der Waals surface area contributed by atoms with Crippen LogP contribution in [-0.4, -0.2) is 21.4 Å². The van der Waals surface area contributed by atoms with Crippen LogP contribution in [0.5, 0.6) is 0 Å². The lowest BCUT2D eigenvalue weighted by atomic mass is 9.78. The fourth-order valence-corrected chi connectivity index (χ4v) is 3.10. The van der Waals surface area contributed by atoms with Gasteiger partial charge in [0.15, 0.2) is 0 Å². The van der Waals surface area contributed by atoms with Gasteiger partial charge in [0.25, 0.3) is 0 Å². The maximum absolute atomic E-state index is 10.8. The Hall–Kier alpha value is -1.64. The molecule has 0 saturated carbocycles. The summed E-state index contributed by atoms with van der Waals surface area (Å²) in [5, 5.41) is 21.5. The topological polar surface area (TPSA) is 40.5 Å². The molecule has 0 heterocycles. The SMILES string of the molecule is CC(O)(CCCc1ccccc1)C(C)(O)CCCc1ccccc1. The molecule has 2 atom stereocenters. The first-order valence-electron chi connectivity index (χ1n) is 8.93. The second kappa shape index (κ2) is 8.46. The molecule has 2 aromatic rings. The summed E-state index contributed by atoms with van der Waals surface area (Å²) < 4.78 is 0. The Bertz CT molecular complexity index is 532. The van der Waals surface area contributed by atoms with Crippen molar-refractivity contribution in [2.24, 2.45) is 0 Å². The summed E-state index contributed by atoms with van der Waals surface area (Å²) >= 11 is 0. The van der Waals surface area contributed by atoms with Crippen molar-refractivity contribution in [1.82, 2.24) is 0 Å². The predicted octanol–water partition coefficient (Wildman–Crippen LogP) is 4.53. The molecule has 0 fully saturated rings. The molecule has 2 aromatic carbocycles. The number of rotatable bonds is 9. The van der Waals surface area contributed by atoms with Crippen LogP contribution in [-0.2, 0) is 12.8 Å². The van der Waals surface area contributed by atoms with Gasteiger partial charge in [-0.25, -0.2) is 0 Å². The summed E-state index contributed by atoms with van der Waals surface area (Å²) in [6.45, 7) is 3.53. The zero-order chi connectivity index (χ0) is 17.5. The molecule has 0 amide bonds.